The molecule has 122 valence electrons. The van der Waals surface area contributed by atoms with Crippen molar-refractivity contribution in [3.8, 4) is 5.75 Å². The summed E-state index contributed by atoms with van der Waals surface area (Å²) in [4.78, 5) is 15.6. The fraction of sp³-hybridized carbons (Fsp3) is 0.389. The topological polar surface area (TPSA) is 49.8 Å². The Hall–Kier alpha value is -1.85. The number of aliphatic hydroxyl groups is 1. The highest BCUT2D eigenvalue weighted by atomic mass is 32.1. The minimum absolute atomic E-state index is 0.0217. The Morgan fingerprint density at radius 1 is 1.43 bits per heavy atom. The Morgan fingerprint density at radius 2 is 2.26 bits per heavy atom. The summed E-state index contributed by atoms with van der Waals surface area (Å²) in [5, 5.41) is 11.0. The molecule has 1 N–H and O–H groups in total. The van der Waals surface area contributed by atoms with Crippen molar-refractivity contribution >= 4 is 17.2 Å². The Kier molecular flexibility index (Phi) is 4.98. The van der Waals surface area contributed by atoms with E-state index in [2.05, 4.69) is 12.1 Å². The lowest BCUT2D eigenvalue weighted by molar-refractivity contribution is 0.0666. The van der Waals surface area contributed by atoms with Crippen molar-refractivity contribution in [2.75, 3.05) is 20.3 Å². The molecule has 0 bridgehead atoms. The van der Waals surface area contributed by atoms with Gasteiger partial charge in [0.05, 0.1) is 18.0 Å². The van der Waals surface area contributed by atoms with Crippen molar-refractivity contribution in [1.29, 1.82) is 0 Å². The van der Waals surface area contributed by atoms with Crippen LogP contribution in [0.4, 0.5) is 0 Å². The summed E-state index contributed by atoms with van der Waals surface area (Å²) in [6.45, 7) is 0.653. The normalized spacial score (nSPS) is 16.2. The van der Waals surface area contributed by atoms with E-state index in [1.54, 1.807) is 13.2 Å². The Bertz CT molecular complexity index is 682. The number of carbonyl (C=O) groups excluding carboxylic acids is 1. The molecule has 0 saturated heterocycles. The third kappa shape index (κ3) is 3.26. The molecule has 23 heavy (non-hydrogen) atoms. The maximum absolute atomic E-state index is 13.0. The number of fused-ring (bicyclic) bond motifs is 1. The van der Waals surface area contributed by atoms with Crippen LogP contribution in [0.15, 0.2) is 35.7 Å². The first-order chi connectivity index (χ1) is 11.2. The second-order valence-corrected chi connectivity index (χ2v) is 6.59. The number of hydrogen-bond acceptors (Lipinski definition) is 4. The number of amides is 1. The van der Waals surface area contributed by atoms with Crippen molar-refractivity contribution in [3.63, 3.8) is 0 Å². The molecule has 1 aromatic carbocycles. The van der Waals surface area contributed by atoms with E-state index in [1.165, 1.54) is 22.5 Å². The lowest BCUT2D eigenvalue weighted by Crippen LogP contribution is -2.34. The highest BCUT2D eigenvalue weighted by Gasteiger charge is 2.31. The van der Waals surface area contributed by atoms with Crippen LogP contribution in [0.2, 0.25) is 0 Å². The fourth-order valence-electron chi connectivity index (χ4n) is 3.18. The molecule has 0 radical (unpaired) electrons. The minimum atomic E-state index is 0.0217. The van der Waals surface area contributed by atoms with Crippen LogP contribution in [0.3, 0.4) is 0 Å². The Labute approximate surface area is 140 Å². The first-order valence-electron chi connectivity index (χ1n) is 7.86. The molecule has 1 atom stereocenters. The quantitative estimate of drug-likeness (QED) is 0.884. The van der Waals surface area contributed by atoms with Gasteiger partial charge in [-0.25, -0.2) is 0 Å². The molecule has 1 aliphatic carbocycles. The van der Waals surface area contributed by atoms with Crippen LogP contribution in [0.1, 0.15) is 39.7 Å². The van der Waals surface area contributed by atoms with E-state index in [0.29, 0.717) is 23.6 Å². The number of ether oxygens (including phenoxy) is 1. The van der Waals surface area contributed by atoms with Gasteiger partial charge < -0.3 is 14.7 Å². The van der Waals surface area contributed by atoms with Gasteiger partial charge in [0.2, 0.25) is 0 Å². The van der Waals surface area contributed by atoms with Crippen molar-refractivity contribution in [1.82, 2.24) is 4.90 Å². The molecule has 0 spiro atoms. The van der Waals surface area contributed by atoms with Gasteiger partial charge in [0.25, 0.3) is 5.91 Å². The molecule has 0 saturated carbocycles. The minimum Gasteiger partial charge on any atom is -0.496 e. The van der Waals surface area contributed by atoms with E-state index in [0.717, 1.165) is 12.8 Å². The summed E-state index contributed by atoms with van der Waals surface area (Å²) < 4.78 is 5.19. The van der Waals surface area contributed by atoms with Crippen LogP contribution >= 0.6 is 11.3 Å². The number of nitrogens with zero attached hydrogens (tertiary/aromatic N) is 1. The molecule has 1 aromatic heterocycles. The molecular formula is C18H21NO3S. The van der Waals surface area contributed by atoms with E-state index in [-0.39, 0.29) is 18.6 Å². The zero-order chi connectivity index (χ0) is 16.2. The molecule has 0 aliphatic heterocycles. The molecule has 1 heterocycles. The molecule has 3 rings (SSSR count). The van der Waals surface area contributed by atoms with Gasteiger partial charge in [-0.3, -0.25) is 4.79 Å². The van der Waals surface area contributed by atoms with Gasteiger partial charge in [0, 0.05) is 24.6 Å². The average Bonchev–Trinajstić information content (AvgIpc) is 3.22. The number of benzene rings is 1. The number of methoxy groups -OCH3 is 1. The first kappa shape index (κ1) is 16.0. The number of thiophene rings is 1. The summed E-state index contributed by atoms with van der Waals surface area (Å²) in [7, 11) is 1.60. The smallest absolute Gasteiger partial charge is 0.264 e. The van der Waals surface area contributed by atoms with Crippen molar-refractivity contribution in [2.45, 2.75) is 25.3 Å². The summed E-state index contributed by atoms with van der Waals surface area (Å²) in [5.74, 6) is 0.737. The summed E-state index contributed by atoms with van der Waals surface area (Å²) >= 11 is 1.41. The Morgan fingerprint density at radius 3 is 3.00 bits per heavy atom. The second kappa shape index (κ2) is 7.15. The summed E-state index contributed by atoms with van der Waals surface area (Å²) in [6.07, 6.45) is 2.53. The number of carbonyl (C=O) groups is 1. The lowest BCUT2D eigenvalue weighted by atomic mass is 10.1. The van der Waals surface area contributed by atoms with E-state index >= 15 is 0 Å². The molecule has 5 heteroatoms. The van der Waals surface area contributed by atoms with E-state index in [1.807, 2.05) is 22.4 Å². The number of aliphatic hydroxyl groups excluding tert-OH is 1. The molecule has 0 fully saturated rings. The Balaban J connectivity index is 1.87. The number of rotatable bonds is 6. The van der Waals surface area contributed by atoms with Gasteiger partial charge in [-0.05, 0) is 30.4 Å². The lowest BCUT2D eigenvalue weighted by Gasteiger charge is -2.29. The monoisotopic (exact) mass is 331 g/mol. The zero-order valence-corrected chi connectivity index (χ0v) is 14.0. The maximum Gasteiger partial charge on any atom is 0.264 e. The van der Waals surface area contributed by atoms with Gasteiger partial charge in [-0.15, -0.1) is 11.3 Å². The molecule has 1 aliphatic rings. The number of aryl methyl sites for hydroxylation is 1. The largest absolute Gasteiger partial charge is 0.496 e. The van der Waals surface area contributed by atoms with Crippen molar-refractivity contribution < 1.29 is 14.6 Å². The van der Waals surface area contributed by atoms with E-state index in [9.17, 15) is 9.90 Å². The van der Waals surface area contributed by atoms with Gasteiger partial charge in [0.1, 0.15) is 5.75 Å². The zero-order valence-electron chi connectivity index (χ0n) is 13.2. The van der Waals surface area contributed by atoms with Crippen LogP contribution in [0.5, 0.6) is 5.75 Å². The predicted octanol–water partition coefficient (Wildman–Crippen LogP) is 3.27. The maximum atomic E-state index is 13.0. The van der Waals surface area contributed by atoms with Crippen LogP contribution in [0.25, 0.3) is 0 Å². The van der Waals surface area contributed by atoms with E-state index < -0.39 is 0 Å². The van der Waals surface area contributed by atoms with Crippen LogP contribution < -0.4 is 4.74 Å². The fourth-order valence-corrected chi connectivity index (χ4v) is 3.99. The summed E-state index contributed by atoms with van der Waals surface area (Å²) in [6, 6.07) is 10.2. The highest BCUT2D eigenvalue weighted by molar-refractivity contribution is 7.12. The highest BCUT2D eigenvalue weighted by Crippen LogP contribution is 2.37. The van der Waals surface area contributed by atoms with Crippen molar-refractivity contribution in [2.24, 2.45) is 0 Å². The van der Waals surface area contributed by atoms with Crippen LogP contribution in [-0.4, -0.2) is 36.2 Å². The van der Waals surface area contributed by atoms with Crippen LogP contribution in [0, 0.1) is 0 Å². The van der Waals surface area contributed by atoms with Gasteiger partial charge in [-0.2, -0.15) is 0 Å². The second-order valence-electron chi connectivity index (χ2n) is 5.68. The van der Waals surface area contributed by atoms with Crippen LogP contribution in [-0.2, 0) is 6.42 Å². The predicted molar refractivity (Wildman–Crippen MR) is 91.1 cm³/mol. The molecule has 0 unspecified atom stereocenters. The van der Waals surface area contributed by atoms with Gasteiger partial charge in [-0.1, -0.05) is 24.3 Å². The first-order valence-corrected chi connectivity index (χ1v) is 8.74. The van der Waals surface area contributed by atoms with Gasteiger partial charge in [0.15, 0.2) is 0 Å². The number of hydrogen-bond donors (Lipinski definition) is 1. The third-order valence-corrected chi connectivity index (χ3v) is 5.21. The SMILES string of the molecule is COc1csc(C(=O)N(CCCO)[C@H]2CCc3ccccc32)c1. The average molecular weight is 331 g/mol. The third-order valence-electron chi connectivity index (χ3n) is 4.32. The molecule has 4 nitrogen and oxygen atoms in total. The standard InChI is InChI=1S/C18H21NO3S/c1-22-14-11-17(23-12-14)18(21)19(9-4-10-20)16-8-7-13-5-2-3-6-15(13)16/h2-3,5-6,11-12,16,20H,4,7-10H2,1H3/t16-/m0/s1. The molecule has 2 aromatic rings. The van der Waals surface area contributed by atoms with Crippen molar-refractivity contribution in [3.05, 3.63) is 51.7 Å². The van der Waals surface area contributed by atoms with E-state index in [4.69, 9.17) is 4.74 Å². The molecule has 1 amide bonds. The summed E-state index contributed by atoms with van der Waals surface area (Å²) in [5.41, 5.74) is 2.56. The van der Waals surface area contributed by atoms with Gasteiger partial charge >= 0.3 is 0 Å². The molecular weight excluding hydrogens is 310 g/mol.